The van der Waals surface area contributed by atoms with E-state index in [-0.39, 0.29) is 13.0 Å². The summed E-state index contributed by atoms with van der Waals surface area (Å²) in [6.45, 7) is 9.06. The van der Waals surface area contributed by atoms with E-state index in [0.29, 0.717) is 106 Å². The van der Waals surface area contributed by atoms with Crippen molar-refractivity contribution < 1.29 is 52.5 Å². The van der Waals surface area contributed by atoms with Crippen molar-refractivity contribution in [3.8, 4) is 0 Å². The molecule has 0 saturated heterocycles. The van der Waals surface area contributed by atoms with Gasteiger partial charge in [-0.25, -0.2) is 0 Å². The number of hydrogen-bond donors (Lipinski definition) is 1. The molecule has 12 heteroatoms. The van der Waals surface area contributed by atoms with Gasteiger partial charge in [-0.2, -0.15) is 0 Å². The van der Waals surface area contributed by atoms with Gasteiger partial charge in [0.25, 0.3) is 0 Å². The Morgan fingerprint density at radius 3 is 0.848 bits per heavy atom. The summed E-state index contributed by atoms with van der Waals surface area (Å²) in [5, 5.41) is 8.45. The van der Waals surface area contributed by atoms with Crippen LogP contribution < -0.4 is 0 Å². The molecule has 0 unspecified atom stereocenters. The Kier molecular flexibility index (Phi) is 29.7. The first-order valence-electron chi connectivity index (χ1n) is 11.2. The second kappa shape index (κ2) is 29.9. The van der Waals surface area contributed by atoms with Crippen LogP contribution in [0, 0.1) is 0 Å². The van der Waals surface area contributed by atoms with E-state index in [1.807, 2.05) is 0 Å². The molecule has 0 aromatic rings. The Morgan fingerprint density at radius 1 is 0.424 bits per heavy atom. The first-order valence-corrected chi connectivity index (χ1v) is 12.8. The lowest BCUT2D eigenvalue weighted by atomic mass is 10.5. The van der Waals surface area contributed by atoms with Crippen LogP contribution in [0.4, 0.5) is 0 Å². The Morgan fingerprint density at radius 2 is 0.636 bits per heavy atom. The summed E-state index contributed by atoms with van der Waals surface area (Å²) in [4.78, 5) is 10.3. The molecule has 0 radical (unpaired) electrons. The monoisotopic (exact) mass is 596 g/mol. The fourth-order valence-electron chi connectivity index (χ4n) is 2.08. The molecule has 0 aliphatic heterocycles. The highest BCUT2D eigenvalue weighted by molar-refractivity contribution is 14.1. The van der Waals surface area contributed by atoms with E-state index >= 15 is 0 Å². The van der Waals surface area contributed by atoms with Gasteiger partial charge in [0.2, 0.25) is 0 Å². The highest BCUT2D eigenvalue weighted by atomic mass is 127. The molecule has 0 bridgehead atoms. The summed E-state index contributed by atoms with van der Waals surface area (Å²) >= 11 is 2.27. The predicted molar refractivity (Wildman–Crippen MR) is 129 cm³/mol. The van der Waals surface area contributed by atoms with E-state index in [2.05, 4.69) is 22.6 Å². The molecule has 0 heterocycles. The number of carboxylic acids is 1. The minimum atomic E-state index is -0.869. The molecule has 33 heavy (non-hydrogen) atoms. The van der Waals surface area contributed by atoms with Gasteiger partial charge in [-0.05, 0) is 0 Å². The third-order valence-electron chi connectivity index (χ3n) is 3.66. The number of alkyl halides is 1. The maximum absolute atomic E-state index is 10.3. The van der Waals surface area contributed by atoms with Crippen LogP contribution in [0.1, 0.15) is 6.42 Å². The quantitative estimate of drug-likeness (QED) is 0.0758. The average Bonchev–Trinajstić information content (AvgIpc) is 2.80. The topological polar surface area (TPSA) is 120 Å². The molecule has 0 spiro atoms. The fourth-order valence-corrected chi connectivity index (χ4v) is 2.39. The van der Waals surface area contributed by atoms with Crippen molar-refractivity contribution in [2.45, 2.75) is 6.42 Å². The SMILES string of the molecule is O=C(O)CCOCCOCCOCCOCCOCCOCCOCCOCCOCCI. The van der Waals surface area contributed by atoms with E-state index in [0.717, 1.165) is 11.0 Å². The van der Waals surface area contributed by atoms with Gasteiger partial charge in [0, 0.05) is 4.43 Å². The summed E-state index contributed by atoms with van der Waals surface area (Å²) in [5.41, 5.74) is 0. The summed E-state index contributed by atoms with van der Waals surface area (Å²) in [6, 6.07) is 0. The van der Waals surface area contributed by atoms with Gasteiger partial charge in [-0.15, -0.1) is 0 Å². The maximum atomic E-state index is 10.3. The number of rotatable bonds is 29. The molecule has 198 valence electrons. The molecule has 0 atom stereocenters. The second-order valence-corrected chi connectivity index (χ2v) is 7.42. The molecule has 11 nitrogen and oxygen atoms in total. The zero-order valence-electron chi connectivity index (χ0n) is 19.5. The number of halogens is 1. The number of ether oxygens (including phenoxy) is 9. The Balaban J connectivity index is 3.01. The van der Waals surface area contributed by atoms with Crippen molar-refractivity contribution in [3.63, 3.8) is 0 Å². The normalized spacial score (nSPS) is 11.3. The van der Waals surface area contributed by atoms with Gasteiger partial charge in [-0.1, -0.05) is 22.6 Å². The lowest BCUT2D eigenvalue weighted by molar-refractivity contribution is -0.138. The minimum absolute atomic E-state index is 0.00436. The van der Waals surface area contributed by atoms with Gasteiger partial charge < -0.3 is 47.7 Å². The van der Waals surface area contributed by atoms with E-state index in [9.17, 15) is 4.79 Å². The number of carboxylic acid groups (broad SMARTS) is 1. The van der Waals surface area contributed by atoms with E-state index in [1.54, 1.807) is 0 Å². The van der Waals surface area contributed by atoms with Crippen LogP contribution in [0.3, 0.4) is 0 Å². The van der Waals surface area contributed by atoms with Crippen LogP contribution >= 0.6 is 22.6 Å². The first kappa shape index (κ1) is 32.8. The Bertz CT molecular complexity index is 391. The van der Waals surface area contributed by atoms with Gasteiger partial charge >= 0.3 is 5.97 Å². The molecular weight excluding hydrogens is 555 g/mol. The summed E-state index contributed by atoms with van der Waals surface area (Å²) in [7, 11) is 0. The van der Waals surface area contributed by atoms with Crippen LogP contribution in [0.5, 0.6) is 0 Å². The number of aliphatic carboxylic acids is 1. The van der Waals surface area contributed by atoms with E-state index in [4.69, 9.17) is 47.7 Å². The summed E-state index contributed by atoms with van der Waals surface area (Å²) in [6.07, 6.45) is 0.00436. The Labute approximate surface area is 210 Å². The van der Waals surface area contributed by atoms with Crippen molar-refractivity contribution in [2.75, 3.05) is 123 Å². The number of carbonyl (C=O) groups is 1. The molecule has 0 aromatic heterocycles. The second-order valence-electron chi connectivity index (χ2n) is 6.34. The van der Waals surface area contributed by atoms with E-state index in [1.165, 1.54) is 0 Å². The zero-order valence-corrected chi connectivity index (χ0v) is 21.7. The third-order valence-corrected chi connectivity index (χ3v) is 4.10. The lowest BCUT2D eigenvalue weighted by Gasteiger charge is -2.08. The van der Waals surface area contributed by atoms with Crippen molar-refractivity contribution in [1.82, 2.24) is 0 Å². The fraction of sp³-hybridized carbons (Fsp3) is 0.952. The predicted octanol–water partition coefficient (Wildman–Crippen LogP) is 1.05. The summed E-state index contributed by atoms with van der Waals surface area (Å²) in [5.74, 6) is -0.869. The molecule has 0 rings (SSSR count). The molecular formula is C21H41IO11. The first-order chi connectivity index (χ1) is 16.3. The molecule has 0 aromatic carbocycles. The standard InChI is InChI=1S/C21H41IO11/c22-2-4-26-6-8-28-10-12-30-14-16-32-18-20-33-19-17-31-15-13-29-11-9-27-7-5-25-3-1-21(23)24/h1-20H2,(H,23,24). The minimum Gasteiger partial charge on any atom is -0.481 e. The highest BCUT2D eigenvalue weighted by Crippen LogP contribution is 1.87. The molecule has 1 N–H and O–H groups in total. The van der Waals surface area contributed by atoms with Crippen molar-refractivity contribution in [2.24, 2.45) is 0 Å². The van der Waals surface area contributed by atoms with Crippen LogP contribution in [-0.2, 0) is 47.4 Å². The zero-order chi connectivity index (χ0) is 24.1. The van der Waals surface area contributed by atoms with Crippen molar-refractivity contribution in [3.05, 3.63) is 0 Å². The third kappa shape index (κ3) is 31.8. The molecule has 0 amide bonds. The van der Waals surface area contributed by atoms with Gasteiger partial charge in [0.1, 0.15) is 0 Å². The smallest absolute Gasteiger partial charge is 0.305 e. The van der Waals surface area contributed by atoms with Gasteiger partial charge in [0.15, 0.2) is 0 Å². The number of hydrogen-bond acceptors (Lipinski definition) is 10. The van der Waals surface area contributed by atoms with Crippen molar-refractivity contribution >= 4 is 28.6 Å². The molecule has 0 saturated carbocycles. The van der Waals surface area contributed by atoms with Crippen LogP contribution in [0.15, 0.2) is 0 Å². The van der Waals surface area contributed by atoms with Crippen LogP contribution in [0.25, 0.3) is 0 Å². The highest BCUT2D eigenvalue weighted by Gasteiger charge is 1.97. The van der Waals surface area contributed by atoms with E-state index < -0.39 is 5.97 Å². The van der Waals surface area contributed by atoms with Crippen molar-refractivity contribution in [1.29, 1.82) is 0 Å². The molecule has 0 fully saturated rings. The van der Waals surface area contributed by atoms with Gasteiger partial charge in [0.05, 0.1) is 125 Å². The lowest BCUT2D eigenvalue weighted by Crippen LogP contribution is -2.15. The maximum Gasteiger partial charge on any atom is 0.305 e. The van der Waals surface area contributed by atoms with Crippen LogP contribution in [0.2, 0.25) is 0 Å². The molecule has 0 aliphatic carbocycles. The average molecular weight is 596 g/mol. The van der Waals surface area contributed by atoms with Gasteiger partial charge in [-0.3, -0.25) is 4.79 Å². The largest absolute Gasteiger partial charge is 0.481 e. The Hall–Kier alpha value is -0.160. The summed E-state index contributed by atoms with van der Waals surface area (Å²) < 4.78 is 49.1. The molecule has 0 aliphatic rings. The van der Waals surface area contributed by atoms with Crippen LogP contribution in [-0.4, -0.2) is 134 Å².